The molecule has 0 aliphatic carbocycles. The summed E-state index contributed by atoms with van der Waals surface area (Å²) < 4.78 is 10.7. The molecule has 0 aliphatic rings. The van der Waals surface area contributed by atoms with Crippen LogP contribution >= 0.6 is 0 Å². The second kappa shape index (κ2) is 8.53. The van der Waals surface area contributed by atoms with E-state index in [9.17, 15) is 4.79 Å². The summed E-state index contributed by atoms with van der Waals surface area (Å²) in [6.45, 7) is 5.72. The first kappa shape index (κ1) is 18.8. The summed E-state index contributed by atoms with van der Waals surface area (Å²) in [4.78, 5) is 11.2. The number of hydrogen-bond acceptors (Lipinski definition) is 4. The van der Waals surface area contributed by atoms with Crippen molar-refractivity contribution in [2.75, 3.05) is 19.5 Å². The lowest BCUT2D eigenvalue weighted by atomic mass is 10.0. The second-order valence-electron chi connectivity index (χ2n) is 6.03. The fraction of sp³-hybridized carbons (Fsp3) is 0.350. The van der Waals surface area contributed by atoms with E-state index in [1.807, 2.05) is 42.5 Å². The Bertz CT molecular complexity index is 731. The highest BCUT2D eigenvalue weighted by atomic mass is 16.5. The van der Waals surface area contributed by atoms with Gasteiger partial charge in [-0.2, -0.15) is 0 Å². The first-order valence-electron chi connectivity index (χ1n) is 8.30. The molecule has 0 aromatic heterocycles. The molecule has 0 aliphatic heterocycles. The molecule has 5 nitrogen and oxygen atoms in total. The van der Waals surface area contributed by atoms with E-state index in [1.54, 1.807) is 14.2 Å². The van der Waals surface area contributed by atoms with Crippen LogP contribution in [-0.2, 0) is 4.79 Å². The minimum atomic E-state index is -0.0727. The van der Waals surface area contributed by atoms with E-state index in [4.69, 9.17) is 9.47 Å². The number of benzene rings is 2. The zero-order valence-corrected chi connectivity index (χ0v) is 15.4. The number of nitrogens with one attached hydrogen (secondary N) is 2. The fourth-order valence-corrected chi connectivity index (χ4v) is 2.78. The smallest absolute Gasteiger partial charge is 0.221 e. The van der Waals surface area contributed by atoms with Crippen molar-refractivity contribution in [2.24, 2.45) is 0 Å². The molecule has 2 aromatic rings. The molecule has 0 saturated carbocycles. The summed E-state index contributed by atoms with van der Waals surface area (Å²) in [5, 5.41) is 6.39. The number of methoxy groups -OCH3 is 2. The Kier molecular flexibility index (Phi) is 6.42. The van der Waals surface area contributed by atoms with Crippen molar-refractivity contribution < 1.29 is 14.3 Å². The average molecular weight is 342 g/mol. The Morgan fingerprint density at radius 1 is 0.920 bits per heavy atom. The highest BCUT2D eigenvalue weighted by Crippen LogP contribution is 2.30. The first-order valence-corrected chi connectivity index (χ1v) is 8.30. The van der Waals surface area contributed by atoms with Crippen molar-refractivity contribution in [3.8, 4) is 11.5 Å². The summed E-state index contributed by atoms with van der Waals surface area (Å²) in [6, 6.07) is 14.0. The summed E-state index contributed by atoms with van der Waals surface area (Å²) in [5.74, 6) is 1.36. The molecule has 0 heterocycles. The molecule has 1 amide bonds. The molecule has 2 rings (SSSR count). The Hall–Kier alpha value is -2.53. The van der Waals surface area contributed by atoms with E-state index in [0.29, 0.717) is 5.75 Å². The highest BCUT2D eigenvalue weighted by molar-refractivity contribution is 5.88. The van der Waals surface area contributed by atoms with Gasteiger partial charge in [0.2, 0.25) is 5.91 Å². The van der Waals surface area contributed by atoms with E-state index in [0.717, 1.165) is 22.6 Å². The lowest BCUT2D eigenvalue weighted by Gasteiger charge is -2.22. The van der Waals surface area contributed by atoms with Gasteiger partial charge in [-0.3, -0.25) is 4.79 Å². The molecular formula is C20H26N2O3. The predicted molar refractivity (Wildman–Crippen MR) is 100 cm³/mol. The summed E-state index contributed by atoms with van der Waals surface area (Å²) in [7, 11) is 3.26. The van der Waals surface area contributed by atoms with Gasteiger partial charge in [0.15, 0.2) is 11.5 Å². The van der Waals surface area contributed by atoms with Crippen LogP contribution in [0.3, 0.4) is 0 Å². The van der Waals surface area contributed by atoms with Crippen LogP contribution in [0.1, 0.15) is 44.0 Å². The van der Waals surface area contributed by atoms with Crippen LogP contribution in [0.15, 0.2) is 42.5 Å². The molecule has 2 N–H and O–H groups in total. The number of carbonyl (C=O) groups excluding carboxylic acids is 1. The number of hydrogen-bond donors (Lipinski definition) is 2. The maximum atomic E-state index is 11.2. The van der Waals surface area contributed by atoms with Gasteiger partial charge in [-0.25, -0.2) is 0 Å². The largest absolute Gasteiger partial charge is 0.493 e. The van der Waals surface area contributed by atoms with Crippen LogP contribution in [-0.4, -0.2) is 20.1 Å². The van der Waals surface area contributed by atoms with E-state index in [2.05, 4.69) is 24.5 Å². The Morgan fingerprint density at radius 3 is 2.16 bits per heavy atom. The quantitative estimate of drug-likeness (QED) is 0.796. The third-order valence-corrected chi connectivity index (χ3v) is 4.11. The minimum absolute atomic E-state index is 0.0727. The molecule has 2 unspecified atom stereocenters. The third kappa shape index (κ3) is 4.97. The van der Waals surface area contributed by atoms with Crippen molar-refractivity contribution >= 4 is 11.6 Å². The van der Waals surface area contributed by atoms with Crippen LogP contribution in [0.4, 0.5) is 5.69 Å². The maximum Gasteiger partial charge on any atom is 0.221 e. The Labute approximate surface area is 149 Å². The van der Waals surface area contributed by atoms with Crippen molar-refractivity contribution in [1.29, 1.82) is 0 Å². The summed E-state index contributed by atoms with van der Waals surface area (Å²) in [6.07, 6.45) is 0. The Morgan fingerprint density at radius 2 is 1.56 bits per heavy atom. The molecule has 2 aromatic carbocycles. The third-order valence-electron chi connectivity index (χ3n) is 4.11. The molecule has 134 valence electrons. The van der Waals surface area contributed by atoms with Gasteiger partial charge in [0.25, 0.3) is 0 Å². The zero-order chi connectivity index (χ0) is 18.4. The molecule has 0 radical (unpaired) electrons. The zero-order valence-electron chi connectivity index (χ0n) is 15.4. The topological polar surface area (TPSA) is 59.6 Å². The summed E-state index contributed by atoms with van der Waals surface area (Å²) in [5.41, 5.74) is 3.03. The Balaban J connectivity index is 2.12. The number of anilines is 1. The van der Waals surface area contributed by atoms with Crippen LogP contribution in [0, 0.1) is 0 Å². The van der Waals surface area contributed by atoms with Gasteiger partial charge in [-0.05, 0) is 49.2 Å². The standard InChI is InChI=1S/C20H26N2O3/c1-13(16-7-6-8-18(11-16)22-15(3)23)21-14(2)17-9-10-19(24-4)20(12-17)25-5/h6-14,21H,1-5H3,(H,22,23). The van der Waals surface area contributed by atoms with Gasteiger partial charge in [0, 0.05) is 24.7 Å². The van der Waals surface area contributed by atoms with Crippen molar-refractivity contribution in [3.63, 3.8) is 0 Å². The predicted octanol–water partition coefficient (Wildman–Crippen LogP) is 4.07. The SMILES string of the molecule is COc1ccc(C(C)NC(C)c2cccc(NC(C)=O)c2)cc1OC. The van der Waals surface area contributed by atoms with Gasteiger partial charge >= 0.3 is 0 Å². The molecule has 0 saturated heterocycles. The van der Waals surface area contributed by atoms with Crippen LogP contribution < -0.4 is 20.1 Å². The lowest BCUT2D eigenvalue weighted by Crippen LogP contribution is -2.22. The van der Waals surface area contributed by atoms with Gasteiger partial charge in [0.1, 0.15) is 0 Å². The van der Waals surface area contributed by atoms with Gasteiger partial charge < -0.3 is 20.1 Å². The molecule has 0 bridgehead atoms. The number of ether oxygens (including phenoxy) is 2. The number of carbonyl (C=O) groups is 1. The van der Waals surface area contributed by atoms with Gasteiger partial charge in [-0.15, -0.1) is 0 Å². The van der Waals surface area contributed by atoms with Crippen LogP contribution in [0.2, 0.25) is 0 Å². The van der Waals surface area contributed by atoms with Crippen molar-refractivity contribution in [1.82, 2.24) is 5.32 Å². The highest BCUT2D eigenvalue weighted by Gasteiger charge is 2.14. The van der Waals surface area contributed by atoms with Crippen LogP contribution in [0.5, 0.6) is 11.5 Å². The average Bonchev–Trinajstić information content (AvgIpc) is 2.60. The molecule has 5 heteroatoms. The molecular weight excluding hydrogens is 316 g/mol. The van der Waals surface area contributed by atoms with Crippen molar-refractivity contribution in [3.05, 3.63) is 53.6 Å². The van der Waals surface area contributed by atoms with Gasteiger partial charge in [0.05, 0.1) is 14.2 Å². The monoisotopic (exact) mass is 342 g/mol. The minimum Gasteiger partial charge on any atom is -0.493 e. The summed E-state index contributed by atoms with van der Waals surface area (Å²) >= 11 is 0. The molecule has 2 atom stereocenters. The molecule has 0 fully saturated rings. The second-order valence-corrected chi connectivity index (χ2v) is 6.03. The van der Waals surface area contributed by atoms with Gasteiger partial charge in [-0.1, -0.05) is 18.2 Å². The van der Waals surface area contributed by atoms with E-state index >= 15 is 0 Å². The van der Waals surface area contributed by atoms with E-state index < -0.39 is 0 Å². The van der Waals surface area contributed by atoms with Crippen molar-refractivity contribution in [2.45, 2.75) is 32.9 Å². The van der Waals surface area contributed by atoms with E-state index in [1.165, 1.54) is 6.92 Å². The normalized spacial score (nSPS) is 13.0. The number of amides is 1. The fourth-order valence-electron chi connectivity index (χ4n) is 2.78. The number of rotatable bonds is 7. The van der Waals surface area contributed by atoms with E-state index in [-0.39, 0.29) is 18.0 Å². The lowest BCUT2D eigenvalue weighted by molar-refractivity contribution is -0.114. The maximum absolute atomic E-state index is 11.2. The first-order chi connectivity index (χ1) is 11.9. The van der Waals surface area contributed by atoms with Crippen LogP contribution in [0.25, 0.3) is 0 Å². The molecule has 25 heavy (non-hydrogen) atoms. The molecule has 0 spiro atoms.